The first-order valence-electron chi connectivity index (χ1n) is 6.02. The van der Waals surface area contributed by atoms with E-state index in [-0.39, 0.29) is 12.2 Å². The highest BCUT2D eigenvalue weighted by Crippen LogP contribution is 2.12. The molecule has 0 aliphatic heterocycles. The van der Waals surface area contributed by atoms with Crippen molar-refractivity contribution in [1.29, 1.82) is 0 Å². The number of aliphatic hydroxyl groups is 1. The molecule has 1 aromatic rings. The Balaban J connectivity index is 2.25. The van der Waals surface area contributed by atoms with Gasteiger partial charge in [-0.1, -0.05) is 37.3 Å². The Bertz CT molecular complexity index is 267. The number of aliphatic hydroxyl groups excluding tert-OH is 1. The van der Waals surface area contributed by atoms with Gasteiger partial charge in [0.25, 0.3) is 0 Å². The van der Waals surface area contributed by atoms with Gasteiger partial charge in [-0.3, -0.25) is 0 Å². The molecular formula is C14H22O2. The number of methoxy groups -OCH3 is 1. The van der Waals surface area contributed by atoms with Gasteiger partial charge in [-0.2, -0.15) is 0 Å². The quantitative estimate of drug-likeness (QED) is 0.768. The summed E-state index contributed by atoms with van der Waals surface area (Å²) >= 11 is 0. The van der Waals surface area contributed by atoms with Crippen LogP contribution in [0.1, 0.15) is 31.7 Å². The number of rotatable bonds is 7. The summed E-state index contributed by atoms with van der Waals surface area (Å²) in [5.41, 5.74) is 1.33. The molecule has 0 amide bonds. The summed E-state index contributed by atoms with van der Waals surface area (Å²) < 4.78 is 5.21. The summed E-state index contributed by atoms with van der Waals surface area (Å²) in [6.07, 6.45) is 3.35. The topological polar surface area (TPSA) is 29.5 Å². The molecule has 2 unspecified atom stereocenters. The normalized spacial score (nSPS) is 14.7. The van der Waals surface area contributed by atoms with Crippen LogP contribution in [-0.2, 0) is 11.2 Å². The number of aryl methyl sites for hydroxylation is 1. The summed E-state index contributed by atoms with van der Waals surface area (Å²) in [7, 11) is 1.66. The summed E-state index contributed by atoms with van der Waals surface area (Å²) in [6, 6.07) is 10.4. The Morgan fingerprint density at radius 2 is 1.94 bits per heavy atom. The number of benzene rings is 1. The molecule has 0 heterocycles. The number of hydrogen-bond donors (Lipinski definition) is 1. The van der Waals surface area contributed by atoms with Crippen LogP contribution in [0.4, 0.5) is 0 Å². The molecule has 90 valence electrons. The van der Waals surface area contributed by atoms with E-state index in [0.717, 1.165) is 25.7 Å². The van der Waals surface area contributed by atoms with Crippen LogP contribution in [0.3, 0.4) is 0 Å². The molecule has 0 saturated carbocycles. The van der Waals surface area contributed by atoms with Crippen molar-refractivity contribution >= 4 is 0 Å². The lowest BCUT2D eigenvalue weighted by Crippen LogP contribution is -2.27. The van der Waals surface area contributed by atoms with Crippen molar-refractivity contribution in [2.45, 2.75) is 44.8 Å². The van der Waals surface area contributed by atoms with E-state index in [2.05, 4.69) is 24.3 Å². The summed E-state index contributed by atoms with van der Waals surface area (Å²) in [5.74, 6) is 0. The van der Waals surface area contributed by atoms with Gasteiger partial charge in [-0.25, -0.2) is 0 Å². The molecule has 2 nitrogen and oxygen atoms in total. The smallest absolute Gasteiger partial charge is 0.0827 e. The Labute approximate surface area is 98.3 Å². The molecule has 1 rings (SSSR count). The van der Waals surface area contributed by atoms with Crippen LogP contribution < -0.4 is 0 Å². The predicted molar refractivity (Wildman–Crippen MR) is 66.5 cm³/mol. The lowest BCUT2D eigenvalue weighted by Gasteiger charge is -2.19. The average Bonchev–Trinajstić information content (AvgIpc) is 2.32. The number of hydrogen-bond acceptors (Lipinski definition) is 2. The second-order valence-electron chi connectivity index (χ2n) is 4.13. The second kappa shape index (κ2) is 7.42. The first-order valence-corrected chi connectivity index (χ1v) is 6.02. The maximum Gasteiger partial charge on any atom is 0.0827 e. The molecule has 16 heavy (non-hydrogen) atoms. The Morgan fingerprint density at radius 3 is 2.50 bits per heavy atom. The third-order valence-corrected chi connectivity index (χ3v) is 2.94. The van der Waals surface area contributed by atoms with Gasteiger partial charge in [0, 0.05) is 7.11 Å². The highest BCUT2D eigenvalue weighted by atomic mass is 16.5. The third kappa shape index (κ3) is 4.33. The predicted octanol–water partition coefficient (Wildman–Crippen LogP) is 2.80. The molecular weight excluding hydrogens is 200 g/mol. The molecule has 0 aliphatic rings. The van der Waals surface area contributed by atoms with E-state index >= 15 is 0 Å². The zero-order chi connectivity index (χ0) is 11.8. The monoisotopic (exact) mass is 222 g/mol. The highest BCUT2D eigenvalue weighted by Gasteiger charge is 2.15. The van der Waals surface area contributed by atoms with Crippen LogP contribution in [-0.4, -0.2) is 24.4 Å². The molecule has 0 fully saturated rings. The van der Waals surface area contributed by atoms with Crippen molar-refractivity contribution in [3.63, 3.8) is 0 Å². The van der Waals surface area contributed by atoms with Gasteiger partial charge in [0.15, 0.2) is 0 Å². The van der Waals surface area contributed by atoms with E-state index in [1.54, 1.807) is 7.11 Å². The van der Waals surface area contributed by atoms with E-state index in [4.69, 9.17) is 4.74 Å². The molecule has 0 saturated heterocycles. The van der Waals surface area contributed by atoms with Crippen LogP contribution in [0.25, 0.3) is 0 Å². The van der Waals surface area contributed by atoms with Crippen LogP contribution in [0.2, 0.25) is 0 Å². The van der Waals surface area contributed by atoms with Gasteiger partial charge in [-0.15, -0.1) is 0 Å². The molecule has 2 heteroatoms. The lowest BCUT2D eigenvalue weighted by atomic mass is 10.0. The summed E-state index contributed by atoms with van der Waals surface area (Å²) in [5, 5.41) is 9.86. The standard InChI is InChI=1S/C14H22O2/c1-3-14(16-2)13(15)11-7-10-12-8-5-4-6-9-12/h4-6,8-9,13-15H,3,7,10-11H2,1-2H3. The van der Waals surface area contributed by atoms with E-state index in [9.17, 15) is 5.11 Å². The van der Waals surface area contributed by atoms with Gasteiger partial charge in [-0.05, 0) is 31.2 Å². The van der Waals surface area contributed by atoms with Crippen molar-refractivity contribution in [3.05, 3.63) is 35.9 Å². The van der Waals surface area contributed by atoms with E-state index < -0.39 is 0 Å². The molecule has 0 bridgehead atoms. The van der Waals surface area contributed by atoms with Gasteiger partial charge in [0.05, 0.1) is 12.2 Å². The zero-order valence-electron chi connectivity index (χ0n) is 10.2. The van der Waals surface area contributed by atoms with Crippen molar-refractivity contribution in [2.24, 2.45) is 0 Å². The fourth-order valence-electron chi connectivity index (χ4n) is 1.94. The van der Waals surface area contributed by atoms with E-state index in [1.807, 2.05) is 13.0 Å². The molecule has 0 aromatic heterocycles. The fourth-order valence-corrected chi connectivity index (χ4v) is 1.94. The second-order valence-corrected chi connectivity index (χ2v) is 4.13. The van der Waals surface area contributed by atoms with Gasteiger partial charge < -0.3 is 9.84 Å². The first-order chi connectivity index (χ1) is 7.77. The van der Waals surface area contributed by atoms with Crippen molar-refractivity contribution < 1.29 is 9.84 Å². The minimum atomic E-state index is -0.335. The maximum absolute atomic E-state index is 9.86. The van der Waals surface area contributed by atoms with Crippen molar-refractivity contribution in [3.8, 4) is 0 Å². The molecule has 1 N–H and O–H groups in total. The molecule has 0 aliphatic carbocycles. The molecule has 1 aromatic carbocycles. The number of ether oxygens (including phenoxy) is 1. The molecule has 2 atom stereocenters. The first kappa shape index (κ1) is 13.2. The maximum atomic E-state index is 9.86. The molecule has 0 spiro atoms. The Morgan fingerprint density at radius 1 is 1.25 bits per heavy atom. The van der Waals surface area contributed by atoms with Crippen LogP contribution >= 0.6 is 0 Å². The van der Waals surface area contributed by atoms with Gasteiger partial charge in [0.1, 0.15) is 0 Å². The van der Waals surface area contributed by atoms with Gasteiger partial charge in [0.2, 0.25) is 0 Å². The summed E-state index contributed by atoms with van der Waals surface area (Å²) in [6.45, 7) is 2.04. The van der Waals surface area contributed by atoms with Crippen molar-refractivity contribution in [2.75, 3.05) is 7.11 Å². The minimum Gasteiger partial charge on any atom is -0.390 e. The Kier molecular flexibility index (Phi) is 6.12. The largest absolute Gasteiger partial charge is 0.390 e. The van der Waals surface area contributed by atoms with Gasteiger partial charge >= 0.3 is 0 Å². The minimum absolute atomic E-state index is 0.0178. The molecule has 0 radical (unpaired) electrons. The van der Waals surface area contributed by atoms with Crippen LogP contribution in [0.5, 0.6) is 0 Å². The third-order valence-electron chi connectivity index (χ3n) is 2.94. The van der Waals surface area contributed by atoms with Crippen LogP contribution in [0, 0.1) is 0 Å². The fraction of sp³-hybridized carbons (Fsp3) is 0.571. The average molecular weight is 222 g/mol. The Hall–Kier alpha value is -0.860. The highest BCUT2D eigenvalue weighted by molar-refractivity contribution is 5.14. The SMILES string of the molecule is CCC(OC)C(O)CCCc1ccccc1. The van der Waals surface area contributed by atoms with Crippen LogP contribution in [0.15, 0.2) is 30.3 Å². The zero-order valence-corrected chi connectivity index (χ0v) is 10.2. The van der Waals surface area contributed by atoms with Crippen molar-refractivity contribution in [1.82, 2.24) is 0 Å². The summed E-state index contributed by atoms with van der Waals surface area (Å²) in [4.78, 5) is 0. The van der Waals surface area contributed by atoms with E-state index in [1.165, 1.54) is 5.56 Å². The van der Waals surface area contributed by atoms with E-state index in [0.29, 0.717) is 0 Å². The lowest BCUT2D eigenvalue weighted by molar-refractivity contribution is -0.0179.